The van der Waals surface area contributed by atoms with Crippen LogP contribution in [0.3, 0.4) is 0 Å². The molecule has 0 spiro atoms. The van der Waals surface area contributed by atoms with Crippen LogP contribution in [0.15, 0.2) is 216 Å². The fourth-order valence-corrected chi connectivity index (χ4v) is 7.81. The van der Waals surface area contributed by atoms with Gasteiger partial charge in [0.25, 0.3) is 0 Å². The molecule has 0 aliphatic carbocycles. The molecule has 0 atom stereocenters. The van der Waals surface area contributed by atoms with Gasteiger partial charge in [-0.2, -0.15) is 0 Å². The summed E-state index contributed by atoms with van der Waals surface area (Å²) in [6, 6.07) is -4.44. The lowest BCUT2D eigenvalue weighted by atomic mass is 10.0. The molecule has 0 radical (unpaired) electrons. The highest BCUT2D eigenvalue weighted by atomic mass is 16.3. The fourth-order valence-electron chi connectivity index (χ4n) is 7.81. The molecule has 4 heterocycles. The Labute approximate surface area is 396 Å². The van der Waals surface area contributed by atoms with Crippen LogP contribution in [0.1, 0.15) is 34.3 Å². The number of aromatic nitrogens is 5. The molecule has 0 aliphatic rings. The van der Waals surface area contributed by atoms with Gasteiger partial charge in [0.2, 0.25) is 0 Å². The summed E-state index contributed by atoms with van der Waals surface area (Å²) in [6.07, 6.45) is 0. The molecule has 6 nitrogen and oxygen atoms in total. The molecule has 0 amide bonds. The average Bonchev–Trinajstić information content (AvgIpc) is 1.52. The molecule has 294 valence electrons. The van der Waals surface area contributed by atoms with Crippen molar-refractivity contribution in [3.05, 3.63) is 212 Å². The fraction of sp³-hybridized carbons (Fsp3) is 0. The maximum absolute atomic E-state index is 10.2. The van der Waals surface area contributed by atoms with Crippen molar-refractivity contribution in [2.75, 3.05) is 0 Å². The first-order valence-electron chi connectivity index (χ1n) is 31.7. The molecule has 13 rings (SSSR count). The van der Waals surface area contributed by atoms with E-state index in [2.05, 4.69) is 0 Å². The lowest BCUT2D eigenvalue weighted by molar-refractivity contribution is 0.666. The van der Waals surface area contributed by atoms with Crippen molar-refractivity contribution in [3.63, 3.8) is 0 Å². The van der Waals surface area contributed by atoms with Crippen molar-refractivity contribution < 1.29 is 38.7 Å². The third-order valence-electron chi connectivity index (χ3n) is 10.5. The van der Waals surface area contributed by atoms with Gasteiger partial charge in [-0.1, -0.05) is 157 Å². The topological polar surface area (TPSA) is 61.7 Å². The molecular weight excluding hydrogens is 771 g/mol. The van der Waals surface area contributed by atoms with Crippen LogP contribution in [0.2, 0.25) is 0 Å². The summed E-state index contributed by atoms with van der Waals surface area (Å²) in [7, 11) is 0. The van der Waals surface area contributed by atoms with Crippen LogP contribution in [-0.2, 0) is 0 Å². The molecule has 9 aromatic carbocycles. The lowest BCUT2D eigenvalue weighted by Crippen LogP contribution is -2.00. The molecule has 0 bridgehead atoms. The van der Waals surface area contributed by atoms with Crippen LogP contribution in [0.4, 0.5) is 0 Å². The van der Waals surface area contributed by atoms with E-state index in [0.29, 0.717) is 11.1 Å². The van der Waals surface area contributed by atoms with Crippen LogP contribution in [0.25, 0.3) is 122 Å². The van der Waals surface area contributed by atoms with Crippen LogP contribution in [-0.4, -0.2) is 24.1 Å². The minimum atomic E-state index is -0.975. The predicted molar refractivity (Wildman–Crippen MR) is 258 cm³/mol. The van der Waals surface area contributed by atoms with Gasteiger partial charge in [0.05, 0.1) is 67.4 Å². The van der Waals surface area contributed by atoms with Gasteiger partial charge >= 0.3 is 0 Å². The van der Waals surface area contributed by atoms with E-state index in [0.717, 1.165) is 9.13 Å². The second kappa shape index (κ2) is 14.0. The van der Waals surface area contributed by atoms with E-state index in [1.807, 2.05) is 0 Å². The highest BCUT2D eigenvalue weighted by Gasteiger charge is 2.23. The van der Waals surface area contributed by atoms with Crippen LogP contribution < -0.4 is 0 Å². The minimum absolute atomic E-state index is 0.0717. The number of fused-ring (bicyclic) bond motifs is 10. The van der Waals surface area contributed by atoms with Gasteiger partial charge in [0.15, 0.2) is 23.1 Å². The van der Waals surface area contributed by atoms with E-state index < -0.39 is 245 Å². The average molecular weight is 831 g/mol. The second-order valence-corrected chi connectivity index (χ2v) is 14.1. The standard InChI is InChI=1S/C57H35N5O/c1-5-16-36(17-6-1)39-29-32-48-46(34-39)42-24-13-14-26-47(42)62(48)49-27-15-25-45-52-51(63-54(45)49)33-31-44-43-30-28-40(35-50(43)61(53(44)52)41-22-11-4-12-23-41)57-59-55(37-18-7-2-8-19-37)58-56(60-57)38-20-9-3-10-21-38/h1-35H/i1D,4D,5D,6D,11D,12D,13D,14D,15D,16D,17D,22D,23D,24D,25D,26D,27D,28D,29D,30D,31D,32D,33D,34D,35D. The van der Waals surface area contributed by atoms with E-state index in [9.17, 15) is 20.6 Å². The van der Waals surface area contributed by atoms with Gasteiger partial charge in [-0.15, -0.1) is 0 Å². The zero-order valence-electron chi connectivity index (χ0n) is 56.9. The summed E-state index contributed by atoms with van der Waals surface area (Å²) in [6.45, 7) is 0. The number of hydrogen-bond acceptors (Lipinski definition) is 4. The van der Waals surface area contributed by atoms with E-state index in [4.69, 9.17) is 33.1 Å². The number of benzene rings is 9. The Morgan fingerprint density at radius 2 is 1.00 bits per heavy atom. The molecule has 0 N–H and O–H groups in total. The summed E-state index contributed by atoms with van der Waals surface area (Å²) >= 11 is 0. The maximum Gasteiger partial charge on any atom is 0.164 e. The number of hydrogen-bond donors (Lipinski definition) is 0. The molecule has 13 aromatic rings. The summed E-state index contributed by atoms with van der Waals surface area (Å²) in [5.41, 5.74) is -5.92. The molecule has 0 aliphatic heterocycles. The molecule has 0 saturated carbocycles. The molecular formula is C57H35N5O. The van der Waals surface area contributed by atoms with Gasteiger partial charge in [-0.05, 0) is 65.5 Å². The van der Waals surface area contributed by atoms with E-state index in [1.54, 1.807) is 60.7 Å². The third-order valence-corrected chi connectivity index (χ3v) is 10.5. The van der Waals surface area contributed by atoms with Gasteiger partial charge < -0.3 is 13.6 Å². The maximum atomic E-state index is 10.2. The van der Waals surface area contributed by atoms with Crippen molar-refractivity contribution >= 4 is 65.6 Å². The monoisotopic (exact) mass is 830 g/mol. The Bertz CT molecular complexity index is 5280. The summed E-state index contributed by atoms with van der Waals surface area (Å²) in [5, 5.41) is -3.06. The largest absolute Gasteiger partial charge is 0.454 e. The van der Waals surface area contributed by atoms with E-state index >= 15 is 0 Å². The molecule has 63 heavy (non-hydrogen) atoms. The zero-order valence-corrected chi connectivity index (χ0v) is 31.9. The Balaban J connectivity index is 1.25. The van der Waals surface area contributed by atoms with E-state index in [1.165, 1.54) is 0 Å². The zero-order chi connectivity index (χ0) is 63.2. The number of rotatable bonds is 6. The SMILES string of the molecule is [2H]c1c([2H])c([2H])c(-c2c([2H])c([2H])c3c(c2[2H])c2c([2H])c([2H])c([2H])c([2H])c2n3-c2c([2H])c([2H])c([2H])c3c2oc2c([2H])c([2H])c4c5c([2H])c([2H])c(-c6nc(-c7ccccc7)nc(-c7ccccc7)n6)c([2H])c5n(-c5c([2H])c([2H])c([2H])c([2H])c5[2H])c4c23)c([2H])c1[2H]. The molecule has 0 fully saturated rings. The summed E-state index contributed by atoms with van der Waals surface area (Å²) in [5.74, 6) is -0.183. The third kappa shape index (κ3) is 5.55. The smallest absolute Gasteiger partial charge is 0.164 e. The number of furan rings is 1. The Hall–Kier alpha value is -8.61. The molecule has 0 saturated heterocycles. The molecule has 4 aromatic heterocycles. The summed E-state index contributed by atoms with van der Waals surface area (Å²) < 4.78 is 239. The van der Waals surface area contributed by atoms with Crippen LogP contribution in [0, 0.1) is 0 Å². The van der Waals surface area contributed by atoms with Gasteiger partial charge in [-0.3, -0.25) is 0 Å². The van der Waals surface area contributed by atoms with Gasteiger partial charge in [-0.25, -0.2) is 15.0 Å². The van der Waals surface area contributed by atoms with Crippen LogP contribution >= 0.6 is 0 Å². The first-order chi connectivity index (χ1) is 41.7. The van der Waals surface area contributed by atoms with Gasteiger partial charge in [0, 0.05) is 49.3 Å². The highest BCUT2D eigenvalue weighted by Crippen LogP contribution is 2.44. The van der Waals surface area contributed by atoms with Crippen molar-refractivity contribution in [2.45, 2.75) is 0 Å². The quantitative estimate of drug-likeness (QED) is 0.167. The van der Waals surface area contributed by atoms with Crippen molar-refractivity contribution in [1.29, 1.82) is 0 Å². The minimum Gasteiger partial charge on any atom is -0.454 e. The molecule has 6 heteroatoms. The highest BCUT2D eigenvalue weighted by molar-refractivity contribution is 6.25. The number of nitrogens with zero attached hydrogens (tertiary/aromatic N) is 5. The van der Waals surface area contributed by atoms with Crippen LogP contribution in [0.5, 0.6) is 0 Å². The van der Waals surface area contributed by atoms with Crippen molar-refractivity contribution in [3.8, 4) is 56.7 Å². The van der Waals surface area contributed by atoms with Crippen molar-refractivity contribution in [2.24, 2.45) is 0 Å². The summed E-state index contributed by atoms with van der Waals surface area (Å²) in [4.78, 5) is 14.1. The first-order valence-corrected chi connectivity index (χ1v) is 19.2. The number of para-hydroxylation sites is 3. The molecule has 0 unspecified atom stereocenters. The Kier molecular flexibility index (Phi) is 4.12. The lowest BCUT2D eigenvalue weighted by Gasteiger charge is -2.11. The first kappa shape index (κ1) is 18.6. The van der Waals surface area contributed by atoms with Gasteiger partial charge in [0.1, 0.15) is 5.58 Å². The van der Waals surface area contributed by atoms with E-state index in [-0.39, 0.29) is 17.5 Å². The normalized spacial score (nSPS) is 17.4. The van der Waals surface area contributed by atoms with Crippen molar-refractivity contribution in [1.82, 2.24) is 24.1 Å². The predicted octanol–water partition coefficient (Wildman–Crippen LogP) is 14.6. The Morgan fingerprint density at radius 1 is 0.397 bits per heavy atom. The second-order valence-electron chi connectivity index (χ2n) is 14.1. The Morgan fingerprint density at radius 3 is 1.75 bits per heavy atom.